The van der Waals surface area contributed by atoms with Gasteiger partial charge in [0, 0.05) is 18.3 Å². The van der Waals surface area contributed by atoms with Gasteiger partial charge in [-0.2, -0.15) is 0 Å². The second kappa shape index (κ2) is 2.40. The summed E-state index contributed by atoms with van der Waals surface area (Å²) in [6, 6.07) is 0. The zero-order chi connectivity index (χ0) is 5.82. The monoisotopic (exact) mass is 108 g/mol. The summed E-state index contributed by atoms with van der Waals surface area (Å²) >= 11 is 0. The van der Waals surface area contributed by atoms with Crippen molar-refractivity contribution >= 4 is 12.4 Å². The fourth-order valence-corrected chi connectivity index (χ4v) is 0.545. The molecule has 0 saturated heterocycles. The molecule has 0 unspecified atom stereocenters. The van der Waals surface area contributed by atoms with Crippen LogP contribution in [-0.2, 0) is 0 Å². The molecule has 0 radical (unpaired) electrons. The van der Waals surface area contributed by atoms with Crippen LogP contribution in [0.15, 0.2) is 22.6 Å². The maximum Gasteiger partial charge on any atom is 0.128 e. The molecule has 2 nitrogen and oxygen atoms in total. The first-order chi connectivity index (χ1) is 3.93. The van der Waals surface area contributed by atoms with Crippen LogP contribution in [0.1, 0.15) is 0 Å². The quantitative estimate of drug-likeness (QED) is 0.446. The summed E-state index contributed by atoms with van der Waals surface area (Å²) < 4.78 is 0. The first-order valence-electron chi connectivity index (χ1n) is 2.56. The van der Waals surface area contributed by atoms with E-state index in [1.165, 1.54) is 0 Å². The molecular weight excluding hydrogens is 100 g/mol. The van der Waals surface area contributed by atoms with Crippen LogP contribution >= 0.6 is 0 Å². The standard InChI is InChI=1S/C6H8N2/c1-2-6-3-7-5-8-4-6/h2-4,6H,1,5H2. The first kappa shape index (κ1) is 5.22. The predicted octanol–water partition coefficient (Wildman–Crippen LogP) is 0.901. The zero-order valence-corrected chi connectivity index (χ0v) is 4.62. The molecule has 0 N–H and O–H groups in total. The van der Waals surface area contributed by atoms with E-state index in [2.05, 4.69) is 16.6 Å². The molecule has 0 atom stereocenters. The summed E-state index contributed by atoms with van der Waals surface area (Å²) in [5, 5.41) is 0. The summed E-state index contributed by atoms with van der Waals surface area (Å²) in [6.45, 7) is 4.19. The van der Waals surface area contributed by atoms with Gasteiger partial charge in [0.1, 0.15) is 6.67 Å². The van der Waals surface area contributed by atoms with Crippen LogP contribution in [0.25, 0.3) is 0 Å². The van der Waals surface area contributed by atoms with Crippen LogP contribution in [0.3, 0.4) is 0 Å². The third kappa shape index (κ3) is 1.03. The summed E-state index contributed by atoms with van der Waals surface area (Å²) in [5.74, 6) is 0.267. The molecule has 1 aliphatic heterocycles. The van der Waals surface area contributed by atoms with Crippen molar-refractivity contribution in [2.24, 2.45) is 15.9 Å². The highest BCUT2D eigenvalue weighted by Gasteiger charge is 1.95. The van der Waals surface area contributed by atoms with Gasteiger partial charge < -0.3 is 0 Å². The lowest BCUT2D eigenvalue weighted by Crippen LogP contribution is -2.03. The third-order valence-electron chi connectivity index (χ3n) is 0.991. The van der Waals surface area contributed by atoms with Crippen molar-refractivity contribution in [3.8, 4) is 0 Å². The molecule has 2 heteroatoms. The van der Waals surface area contributed by atoms with E-state index in [9.17, 15) is 0 Å². The normalized spacial score (nSPS) is 19.0. The SMILES string of the molecule is C=CC1C=NCN=C1. The highest BCUT2D eigenvalue weighted by Crippen LogP contribution is 1.93. The van der Waals surface area contributed by atoms with Gasteiger partial charge in [-0.05, 0) is 0 Å². The predicted molar refractivity (Wildman–Crippen MR) is 35.5 cm³/mol. The number of allylic oxidation sites excluding steroid dienone is 1. The minimum Gasteiger partial charge on any atom is -0.273 e. The van der Waals surface area contributed by atoms with E-state index < -0.39 is 0 Å². The van der Waals surface area contributed by atoms with Crippen LogP contribution in [-0.4, -0.2) is 19.1 Å². The van der Waals surface area contributed by atoms with Gasteiger partial charge in [0.05, 0.1) is 0 Å². The fraction of sp³-hybridized carbons (Fsp3) is 0.333. The Bertz CT molecular complexity index is 123. The van der Waals surface area contributed by atoms with E-state index in [1.807, 2.05) is 18.5 Å². The maximum atomic E-state index is 3.94. The highest BCUT2D eigenvalue weighted by molar-refractivity contribution is 5.86. The van der Waals surface area contributed by atoms with Crippen LogP contribution in [0.4, 0.5) is 0 Å². The zero-order valence-electron chi connectivity index (χ0n) is 4.62. The number of nitrogens with zero attached hydrogens (tertiary/aromatic N) is 2. The van der Waals surface area contributed by atoms with Gasteiger partial charge in [-0.3, -0.25) is 9.98 Å². The van der Waals surface area contributed by atoms with Gasteiger partial charge >= 0.3 is 0 Å². The summed E-state index contributed by atoms with van der Waals surface area (Å²) in [4.78, 5) is 7.87. The molecule has 0 aromatic carbocycles. The average molecular weight is 108 g/mol. The molecule has 0 saturated carbocycles. The summed E-state index contributed by atoms with van der Waals surface area (Å²) in [7, 11) is 0. The Kier molecular flexibility index (Phi) is 1.57. The lowest BCUT2D eigenvalue weighted by atomic mass is 10.2. The van der Waals surface area contributed by atoms with Gasteiger partial charge in [0.15, 0.2) is 0 Å². The van der Waals surface area contributed by atoms with Crippen molar-refractivity contribution in [1.29, 1.82) is 0 Å². The molecule has 1 rings (SSSR count). The lowest BCUT2D eigenvalue weighted by Gasteiger charge is -2.00. The second-order valence-corrected chi connectivity index (χ2v) is 1.62. The molecule has 0 aromatic rings. The van der Waals surface area contributed by atoms with Crippen molar-refractivity contribution in [3.05, 3.63) is 12.7 Å². The molecule has 0 amide bonds. The Balaban J connectivity index is 2.54. The Morgan fingerprint density at radius 3 is 2.50 bits per heavy atom. The fourth-order valence-electron chi connectivity index (χ4n) is 0.545. The van der Waals surface area contributed by atoms with E-state index in [1.54, 1.807) is 0 Å². The lowest BCUT2D eigenvalue weighted by molar-refractivity contribution is 1.02. The van der Waals surface area contributed by atoms with Gasteiger partial charge in [-0.15, -0.1) is 6.58 Å². The van der Waals surface area contributed by atoms with Gasteiger partial charge in [-0.1, -0.05) is 6.08 Å². The van der Waals surface area contributed by atoms with Gasteiger partial charge in [0.25, 0.3) is 0 Å². The Labute approximate surface area is 48.7 Å². The summed E-state index contributed by atoms with van der Waals surface area (Å²) in [5.41, 5.74) is 0. The Morgan fingerprint density at radius 2 is 2.12 bits per heavy atom. The maximum absolute atomic E-state index is 3.94. The van der Waals surface area contributed by atoms with Crippen LogP contribution in [0, 0.1) is 5.92 Å². The Hall–Kier alpha value is -0.920. The molecule has 0 fully saturated rings. The van der Waals surface area contributed by atoms with E-state index in [-0.39, 0.29) is 5.92 Å². The Morgan fingerprint density at radius 1 is 1.50 bits per heavy atom. The van der Waals surface area contributed by atoms with Crippen LogP contribution in [0.2, 0.25) is 0 Å². The third-order valence-corrected chi connectivity index (χ3v) is 0.991. The number of hydrogen-bond acceptors (Lipinski definition) is 2. The van der Waals surface area contributed by atoms with E-state index in [0.717, 1.165) is 0 Å². The first-order valence-corrected chi connectivity index (χ1v) is 2.56. The van der Waals surface area contributed by atoms with Crippen molar-refractivity contribution in [2.45, 2.75) is 0 Å². The number of hydrogen-bond donors (Lipinski definition) is 0. The molecule has 42 valence electrons. The van der Waals surface area contributed by atoms with Crippen molar-refractivity contribution in [2.75, 3.05) is 6.67 Å². The molecule has 0 bridgehead atoms. The molecule has 0 aromatic heterocycles. The average Bonchev–Trinajstić information content (AvgIpc) is 1.90. The molecule has 8 heavy (non-hydrogen) atoms. The largest absolute Gasteiger partial charge is 0.273 e. The van der Waals surface area contributed by atoms with Crippen LogP contribution in [0.5, 0.6) is 0 Å². The van der Waals surface area contributed by atoms with E-state index in [0.29, 0.717) is 6.67 Å². The molecule has 1 heterocycles. The minimum atomic E-state index is 0.267. The smallest absolute Gasteiger partial charge is 0.128 e. The van der Waals surface area contributed by atoms with Crippen molar-refractivity contribution < 1.29 is 0 Å². The number of rotatable bonds is 1. The van der Waals surface area contributed by atoms with Gasteiger partial charge in [-0.25, -0.2) is 0 Å². The second-order valence-electron chi connectivity index (χ2n) is 1.62. The minimum absolute atomic E-state index is 0.267. The molecular formula is C6H8N2. The number of aliphatic imine (C=N–C) groups is 2. The highest BCUT2D eigenvalue weighted by atomic mass is 14.9. The molecule has 1 aliphatic rings. The van der Waals surface area contributed by atoms with Gasteiger partial charge in [0.2, 0.25) is 0 Å². The van der Waals surface area contributed by atoms with E-state index >= 15 is 0 Å². The van der Waals surface area contributed by atoms with E-state index in [4.69, 9.17) is 0 Å². The van der Waals surface area contributed by atoms with Crippen molar-refractivity contribution in [1.82, 2.24) is 0 Å². The summed E-state index contributed by atoms with van der Waals surface area (Å²) in [6.07, 6.45) is 5.51. The topological polar surface area (TPSA) is 24.7 Å². The molecule has 0 aliphatic carbocycles. The molecule has 0 spiro atoms. The van der Waals surface area contributed by atoms with Crippen LogP contribution < -0.4 is 0 Å². The van der Waals surface area contributed by atoms with Crippen molar-refractivity contribution in [3.63, 3.8) is 0 Å².